The summed E-state index contributed by atoms with van der Waals surface area (Å²) in [5.74, 6) is 1.03. The van der Waals surface area contributed by atoms with Crippen LogP contribution in [0.1, 0.15) is 38.4 Å². The summed E-state index contributed by atoms with van der Waals surface area (Å²) in [5.41, 5.74) is 0.979. The second-order valence-electron chi connectivity index (χ2n) is 6.49. The fourth-order valence-corrected chi connectivity index (χ4v) is 4.26. The van der Waals surface area contributed by atoms with Crippen LogP contribution in [0.15, 0.2) is 27.2 Å². The van der Waals surface area contributed by atoms with Gasteiger partial charge in [-0.05, 0) is 18.2 Å². The van der Waals surface area contributed by atoms with Gasteiger partial charge in [-0.15, -0.1) is 0 Å². The van der Waals surface area contributed by atoms with Gasteiger partial charge in [0, 0.05) is 36.3 Å². The number of fused-ring (bicyclic) bond motifs is 1. The minimum absolute atomic E-state index is 0.174. The van der Waals surface area contributed by atoms with E-state index < -0.39 is 0 Å². The number of ether oxygens (including phenoxy) is 1. The van der Waals surface area contributed by atoms with Gasteiger partial charge in [-0.25, -0.2) is 4.98 Å². The molecule has 0 unspecified atom stereocenters. The lowest BCUT2D eigenvalue weighted by atomic mass is 10.1. The lowest BCUT2D eigenvalue weighted by Crippen LogP contribution is -2.38. The fraction of sp³-hybridized carbons (Fsp3) is 0.471. The third-order valence-electron chi connectivity index (χ3n) is 4.26. The lowest BCUT2D eigenvalue weighted by molar-refractivity contribution is 0.168. The molecule has 1 aliphatic heterocycles. The Balaban J connectivity index is 1.37. The van der Waals surface area contributed by atoms with Crippen LogP contribution in [0.3, 0.4) is 0 Å². The first-order chi connectivity index (χ1) is 12.1. The molecule has 0 aliphatic carbocycles. The summed E-state index contributed by atoms with van der Waals surface area (Å²) in [6.45, 7) is 5.82. The Bertz CT molecular complexity index is 871. The van der Waals surface area contributed by atoms with Gasteiger partial charge in [-0.2, -0.15) is 4.98 Å². The predicted octanol–water partition coefficient (Wildman–Crippen LogP) is 4.61. The van der Waals surface area contributed by atoms with Crippen LogP contribution in [0.5, 0.6) is 5.19 Å². The van der Waals surface area contributed by atoms with Gasteiger partial charge in [0.25, 0.3) is 5.19 Å². The van der Waals surface area contributed by atoms with Crippen molar-refractivity contribution in [3.63, 3.8) is 0 Å². The quantitative estimate of drug-likeness (QED) is 0.611. The molecule has 4 rings (SSSR count). The van der Waals surface area contributed by atoms with E-state index in [0.29, 0.717) is 6.01 Å². The number of aromatic nitrogens is 3. The van der Waals surface area contributed by atoms with Gasteiger partial charge in [0.1, 0.15) is 6.10 Å². The molecule has 8 heteroatoms. The number of piperidine rings is 1. The molecule has 0 spiro atoms. The van der Waals surface area contributed by atoms with Gasteiger partial charge in [-0.3, -0.25) is 0 Å². The molecule has 0 bridgehead atoms. The van der Waals surface area contributed by atoms with Gasteiger partial charge < -0.3 is 14.2 Å². The summed E-state index contributed by atoms with van der Waals surface area (Å²) in [6.07, 6.45) is 2.01. The number of anilines is 1. The van der Waals surface area contributed by atoms with Crippen molar-refractivity contribution in [1.29, 1.82) is 0 Å². The minimum Gasteiger partial charge on any atom is -0.467 e. The summed E-state index contributed by atoms with van der Waals surface area (Å²) in [6, 6.07) is 6.70. The van der Waals surface area contributed by atoms with Gasteiger partial charge >= 0.3 is 6.01 Å². The largest absolute Gasteiger partial charge is 0.467 e. The minimum atomic E-state index is 0.174. The van der Waals surface area contributed by atoms with E-state index in [-0.39, 0.29) is 12.0 Å². The van der Waals surface area contributed by atoms with Crippen LogP contribution in [-0.4, -0.2) is 34.3 Å². The topological polar surface area (TPSA) is 64.3 Å². The van der Waals surface area contributed by atoms with Crippen molar-refractivity contribution in [2.75, 3.05) is 18.0 Å². The van der Waals surface area contributed by atoms with Crippen molar-refractivity contribution in [3.05, 3.63) is 28.5 Å². The number of nitrogens with zero attached hydrogens (tertiary/aromatic N) is 4. The van der Waals surface area contributed by atoms with Gasteiger partial charge in [0.05, 0.1) is 10.2 Å². The summed E-state index contributed by atoms with van der Waals surface area (Å²) in [4.78, 5) is 11.2. The molecule has 0 radical (unpaired) electrons. The van der Waals surface area contributed by atoms with E-state index in [1.54, 1.807) is 11.3 Å². The number of thiazole rings is 1. The van der Waals surface area contributed by atoms with E-state index in [1.165, 1.54) is 0 Å². The smallest absolute Gasteiger partial charge is 0.324 e. The molecular weight excluding hydrogens is 404 g/mol. The summed E-state index contributed by atoms with van der Waals surface area (Å²) in [7, 11) is 0. The maximum Gasteiger partial charge on any atom is 0.324 e. The SMILES string of the molecule is CC(C)c1noc(N2CCC(Oc3nc4ccc(Br)cc4s3)CC2)n1. The van der Waals surface area contributed by atoms with Gasteiger partial charge in [0.15, 0.2) is 5.82 Å². The Morgan fingerprint density at radius 1 is 1.28 bits per heavy atom. The van der Waals surface area contributed by atoms with Crippen LogP contribution in [-0.2, 0) is 0 Å². The number of hydrogen-bond acceptors (Lipinski definition) is 7. The molecule has 0 amide bonds. The molecule has 3 heterocycles. The molecule has 1 aromatic carbocycles. The summed E-state index contributed by atoms with van der Waals surface area (Å²) in [5, 5.41) is 4.78. The highest BCUT2D eigenvalue weighted by Gasteiger charge is 2.25. The van der Waals surface area contributed by atoms with E-state index in [9.17, 15) is 0 Å². The van der Waals surface area contributed by atoms with Gasteiger partial charge in [-0.1, -0.05) is 46.3 Å². The fourth-order valence-electron chi connectivity index (χ4n) is 2.82. The highest BCUT2D eigenvalue weighted by atomic mass is 79.9. The molecule has 0 saturated carbocycles. The normalized spacial score (nSPS) is 16.1. The first-order valence-corrected chi connectivity index (χ1v) is 10.0. The van der Waals surface area contributed by atoms with Crippen LogP contribution in [0.25, 0.3) is 10.2 Å². The van der Waals surface area contributed by atoms with Crippen molar-refractivity contribution < 1.29 is 9.26 Å². The molecular formula is C17H19BrN4O2S. The van der Waals surface area contributed by atoms with E-state index in [0.717, 1.165) is 51.6 Å². The molecule has 1 aliphatic rings. The van der Waals surface area contributed by atoms with E-state index in [2.05, 4.69) is 55.9 Å². The molecule has 132 valence electrons. The molecule has 2 aromatic heterocycles. The lowest BCUT2D eigenvalue weighted by Gasteiger charge is -2.29. The van der Waals surface area contributed by atoms with E-state index >= 15 is 0 Å². The Morgan fingerprint density at radius 3 is 2.80 bits per heavy atom. The van der Waals surface area contributed by atoms with E-state index in [1.807, 2.05) is 12.1 Å². The van der Waals surface area contributed by atoms with E-state index in [4.69, 9.17) is 9.26 Å². The van der Waals surface area contributed by atoms with Crippen LogP contribution in [0, 0.1) is 0 Å². The van der Waals surface area contributed by atoms with Crippen molar-refractivity contribution >= 4 is 43.5 Å². The van der Waals surface area contributed by atoms with Crippen molar-refractivity contribution in [1.82, 2.24) is 15.1 Å². The average molecular weight is 423 g/mol. The Labute approximate surface area is 158 Å². The maximum absolute atomic E-state index is 6.11. The summed E-state index contributed by atoms with van der Waals surface area (Å²) < 4.78 is 13.7. The Kier molecular flexibility index (Phi) is 4.64. The van der Waals surface area contributed by atoms with Crippen molar-refractivity contribution in [2.45, 2.75) is 38.7 Å². The predicted molar refractivity (Wildman–Crippen MR) is 102 cm³/mol. The molecule has 25 heavy (non-hydrogen) atoms. The second-order valence-corrected chi connectivity index (χ2v) is 8.39. The molecule has 6 nitrogen and oxygen atoms in total. The van der Waals surface area contributed by atoms with Crippen LogP contribution in [0.4, 0.5) is 6.01 Å². The molecule has 0 atom stereocenters. The number of rotatable bonds is 4. The molecule has 1 fully saturated rings. The highest BCUT2D eigenvalue weighted by Crippen LogP contribution is 2.32. The number of halogens is 1. The Morgan fingerprint density at radius 2 is 2.08 bits per heavy atom. The third kappa shape index (κ3) is 3.64. The first-order valence-electron chi connectivity index (χ1n) is 8.40. The third-order valence-corrected chi connectivity index (χ3v) is 5.66. The van der Waals surface area contributed by atoms with Crippen LogP contribution >= 0.6 is 27.3 Å². The zero-order chi connectivity index (χ0) is 17.4. The zero-order valence-corrected chi connectivity index (χ0v) is 16.5. The van der Waals surface area contributed by atoms with Crippen molar-refractivity contribution in [2.24, 2.45) is 0 Å². The number of hydrogen-bond donors (Lipinski definition) is 0. The van der Waals surface area contributed by atoms with Crippen LogP contribution < -0.4 is 9.64 Å². The maximum atomic E-state index is 6.11. The highest BCUT2D eigenvalue weighted by molar-refractivity contribution is 9.10. The first kappa shape index (κ1) is 16.8. The van der Waals surface area contributed by atoms with Crippen LogP contribution in [0.2, 0.25) is 0 Å². The molecule has 0 N–H and O–H groups in total. The summed E-state index contributed by atoms with van der Waals surface area (Å²) >= 11 is 5.08. The molecule has 1 saturated heterocycles. The standard InChI is InChI=1S/C17H19BrN4O2S/c1-10(2)15-20-16(24-21-15)22-7-5-12(6-8-22)23-17-19-13-4-3-11(18)9-14(13)25-17/h3-4,9-10,12H,5-8H2,1-2H3. The Hall–Kier alpha value is -1.67. The second kappa shape index (κ2) is 6.92. The van der Waals surface area contributed by atoms with Crippen molar-refractivity contribution in [3.8, 4) is 5.19 Å². The molecule has 3 aromatic rings. The number of benzene rings is 1. The zero-order valence-electron chi connectivity index (χ0n) is 14.1. The monoisotopic (exact) mass is 422 g/mol. The average Bonchev–Trinajstić information content (AvgIpc) is 3.22. The van der Waals surface area contributed by atoms with Gasteiger partial charge in [0.2, 0.25) is 0 Å².